The molecule has 0 saturated heterocycles. The number of hydrazone groups is 1. The number of aryl methyl sites for hydroxylation is 1. The Morgan fingerprint density at radius 1 is 1.17 bits per heavy atom. The monoisotopic (exact) mass is 374 g/mol. The number of benzene rings is 2. The van der Waals surface area contributed by atoms with Gasteiger partial charge in [-0.2, -0.15) is 5.10 Å². The standard InChI is InChI=1S/C18H19BrN2O2/c1-13(7-8-14-9-11-15(23-2)12-10-14)20-21-18(22)16-5-3-4-6-17(16)19/h3-6,9-12H,7-8H2,1-2H3,(H,21,22)/b20-13-. The number of methoxy groups -OCH3 is 1. The van der Waals surface area contributed by atoms with E-state index >= 15 is 0 Å². The molecule has 0 saturated carbocycles. The Kier molecular flexibility index (Phi) is 6.35. The minimum Gasteiger partial charge on any atom is -0.497 e. The molecule has 4 nitrogen and oxygen atoms in total. The number of amides is 1. The molecule has 1 N–H and O–H groups in total. The molecule has 0 aliphatic heterocycles. The summed E-state index contributed by atoms with van der Waals surface area (Å²) in [6, 6.07) is 15.2. The van der Waals surface area contributed by atoms with E-state index in [1.165, 1.54) is 5.56 Å². The van der Waals surface area contributed by atoms with Crippen molar-refractivity contribution in [3.63, 3.8) is 0 Å². The molecule has 0 heterocycles. The Bertz CT molecular complexity index is 696. The highest BCUT2D eigenvalue weighted by molar-refractivity contribution is 9.10. The summed E-state index contributed by atoms with van der Waals surface area (Å²) >= 11 is 3.36. The van der Waals surface area contributed by atoms with Crippen LogP contribution in [0.15, 0.2) is 58.1 Å². The summed E-state index contributed by atoms with van der Waals surface area (Å²) in [7, 11) is 1.65. The van der Waals surface area contributed by atoms with Gasteiger partial charge in [0.15, 0.2) is 0 Å². The molecule has 1 amide bonds. The number of hydrogen-bond acceptors (Lipinski definition) is 3. The zero-order valence-corrected chi connectivity index (χ0v) is 14.8. The van der Waals surface area contributed by atoms with Crippen LogP contribution in [0.3, 0.4) is 0 Å². The van der Waals surface area contributed by atoms with E-state index in [1.54, 1.807) is 13.2 Å². The number of rotatable bonds is 6. The largest absolute Gasteiger partial charge is 0.497 e. The Labute approximate surface area is 144 Å². The molecule has 23 heavy (non-hydrogen) atoms. The van der Waals surface area contributed by atoms with Gasteiger partial charge >= 0.3 is 0 Å². The van der Waals surface area contributed by atoms with E-state index in [4.69, 9.17) is 4.74 Å². The lowest BCUT2D eigenvalue weighted by molar-refractivity contribution is 0.0954. The van der Waals surface area contributed by atoms with E-state index < -0.39 is 0 Å². The highest BCUT2D eigenvalue weighted by atomic mass is 79.9. The van der Waals surface area contributed by atoms with Crippen LogP contribution in [0.2, 0.25) is 0 Å². The summed E-state index contributed by atoms with van der Waals surface area (Å²) in [6.45, 7) is 1.91. The average Bonchev–Trinajstić information content (AvgIpc) is 2.58. The molecule has 0 aliphatic carbocycles. The Morgan fingerprint density at radius 3 is 2.52 bits per heavy atom. The Hall–Kier alpha value is -2.14. The number of carbonyl (C=O) groups is 1. The van der Waals surface area contributed by atoms with Crippen LogP contribution in [0, 0.1) is 0 Å². The summed E-state index contributed by atoms with van der Waals surface area (Å²) in [5.41, 5.74) is 5.24. The zero-order valence-electron chi connectivity index (χ0n) is 13.2. The first-order valence-corrected chi connectivity index (χ1v) is 8.10. The van der Waals surface area contributed by atoms with Crippen molar-refractivity contribution in [2.45, 2.75) is 19.8 Å². The van der Waals surface area contributed by atoms with Gasteiger partial charge in [-0.05, 0) is 65.5 Å². The van der Waals surface area contributed by atoms with Crippen molar-refractivity contribution < 1.29 is 9.53 Å². The molecular formula is C18H19BrN2O2. The summed E-state index contributed by atoms with van der Waals surface area (Å²) < 4.78 is 5.89. The predicted octanol–water partition coefficient (Wildman–Crippen LogP) is 4.20. The molecular weight excluding hydrogens is 356 g/mol. The lowest BCUT2D eigenvalue weighted by atomic mass is 10.1. The van der Waals surface area contributed by atoms with E-state index in [2.05, 4.69) is 26.5 Å². The second kappa shape index (κ2) is 8.48. The van der Waals surface area contributed by atoms with Crippen LogP contribution in [0.1, 0.15) is 29.3 Å². The van der Waals surface area contributed by atoms with Crippen LogP contribution >= 0.6 is 15.9 Å². The van der Waals surface area contributed by atoms with Crippen LogP contribution in [-0.2, 0) is 6.42 Å². The van der Waals surface area contributed by atoms with Crippen LogP contribution in [0.4, 0.5) is 0 Å². The molecule has 0 spiro atoms. The molecule has 2 aromatic rings. The van der Waals surface area contributed by atoms with Crippen LogP contribution in [0.5, 0.6) is 5.75 Å². The SMILES string of the molecule is COc1ccc(CC/C(C)=N\NC(=O)c2ccccc2Br)cc1. The minimum absolute atomic E-state index is 0.221. The molecule has 0 fully saturated rings. The van der Waals surface area contributed by atoms with Gasteiger partial charge in [0.25, 0.3) is 5.91 Å². The van der Waals surface area contributed by atoms with Gasteiger partial charge in [-0.15, -0.1) is 0 Å². The smallest absolute Gasteiger partial charge is 0.272 e. The summed E-state index contributed by atoms with van der Waals surface area (Å²) in [4.78, 5) is 12.1. The number of nitrogens with one attached hydrogen (secondary N) is 1. The topological polar surface area (TPSA) is 50.7 Å². The molecule has 0 bridgehead atoms. The van der Waals surface area contributed by atoms with Crippen molar-refractivity contribution in [2.75, 3.05) is 7.11 Å². The average molecular weight is 375 g/mol. The maximum absolute atomic E-state index is 12.1. The lowest BCUT2D eigenvalue weighted by Crippen LogP contribution is -2.19. The summed E-state index contributed by atoms with van der Waals surface area (Å²) in [6.07, 6.45) is 1.65. The fraction of sp³-hybridized carbons (Fsp3) is 0.222. The minimum atomic E-state index is -0.221. The van der Waals surface area contributed by atoms with Crippen LogP contribution < -0.4 is 10.2 Å². The van der Waals surface area contributed by atoms with Gasteiger partial charge in [-0.1, -0.05) is 24.3 Å². The van der Waals surface area contributed by atoms with Crippen molar-refractivity contribution in [1.82, 2.24) is 5.43 Å². The lowest BCUT2D eigenvalue weighted by Gasteiger charge is -2.05. The predicted molar refractivity (Wildman–Crippen MR) is 96.0 cm³/mol. The third-order valence-electron chi connectivity index (χ3n) is 3.40. The number of nitrogens with zero attached hydrogens (tertiary/aromatic N) is 1. The van der Waals surface area contributed by atoms with Crippen molar-refractivity contribution >= 4 is 27.5 Å². The van der Waals surface area contributed by atoms with E-state index in [9.17, 15) is 4.79 Å². The first kappa shape index (κ1) is 17.2. The molecule has 0 radical (unpaired) electrons. The fourth-order valence-electron chi connectivity index (χ4n) is 2.03. The van der Waals surface area contributed by atoms with Crippen molar-refractivity contribution in [2.24, 2.45) is 5.10 Å². The zero-order chi connectivity index (χ0) is 16.7. The van der Waals surface area contributed by atoms with Crippen molar-refractivity contribution in [3.8, 4) is 5.75 Å². The molecule has 2 aromatic carbocycles. The molecule has 0 aromatic heterocycles. The second-order valence-electron chi connectivity index (χ2n) is 5.12. The Morgan fingerprint density at radius 2 is 1.87 bits per heavy atom. The highest BCUT2D eigenvalue weighted by Crippen LogP contribution is 2.15. The number of halogens is 1. The fourth-order valence-corrected chi connectivity index (χ4v) is 2.49. The number of carbonyl (C=O) groups excluding carboxylic acids is 1. The summed E-state index contributed by atoms with van der Waals surface area (Å²) in [5, 5.41) is 4.16. The van der Waals surface area contributed by atoms with E-state index in [0.717, 1.165) is 28.8 Å². The molecule has 120 valence electrons. The molecule has 2 rings (SSSR count). The van der Waals surface area contributed by atoms with Gasteiger partial charge in [0.1, 0.15) is 5.75 Å². The van der Waals surface area contributed by atoms with Gasteiger partial charge in [0.2, 0.25) is 0 Å². The van der Waals surface area contributed by atoms with Gasteiger partial charge in [-0.3, -0.25) is 4.79 Å². The van der Waals surface area contributed by atoms with Crippen LogP contribution in [0.25, 0.3) is 0 Å². The normalized spacial score (nSPS) is 11.2. The van der Waals surface area contributed by atoms with E-state index in [0.29, 0.717) is 5.56 Å². The molecule has 0 unspecified atom stereocenters. The first-order valence-electron chi connectivity index (χ1n) is 7.31. The third kappa shape index (κ3) is 5.21. The van der Waals surface area contributed by atoms with Gasteiger partial charge in [0, 0.05) is 10.2 Å². The van der Waals surface area contributed by atoms with Crippen LogP contribution in [-0.4, -0.2) is 18.7 Å². The van der Waals surface area contributed by atoms with E-state index in [-0.39, 0.29) is 5.91 Å². The molecule has 0 aliphatic rings. The third-order valence-corrected chi connectivity index (χ3v) is 4.09. The Balaban J connectivity index is 1.87. The maximum atomic E-state index is 12.1. The second-order valence-corrected chi connectivity index (χ2v) is 5.97. The number of hydrogen-bond donors (Lipinski definition) is 1. The molecule has 5 heteroatoms. The first-order chi connectivity index (χ1) is 11.1. The molecule has 0 atom stereocenters. The van der Waals surface area contributed by atoms with E-state index in [1.807, 2.05) is 49.4 Å². The van der Waals surface area contributed by atoms with Gasteiger partial charge < -0.3 is 4.74 Å². The van der Waals surface area contributed by atoms with Gasteiger partial charge in [-0.25, -0.2) is 5.43 Å². The maximum Gasteiger partial charge on any atom is 0.272 e. The summed E-state index contributed by atoms with van der Waals surface area (Å²) in [5.74, 6) is 0.626. The highest BCUT2D eigenvalue weighted by Gasteiger charge is 2.08. The number of ether oxygens (including phenoxy) is 1. The van der Waals surface area contributed by atoms with Crippen molar-refractivity contribution in [3.05, 3.63) is 64.1 Å². The van der Waals surface area contributed by atoms with Gasteiger partial charge in [0.05, 0.1) is 12.7 Å². The quantitative estimate of drug-likeness (QED) is 0.608. The van der Waals surface area contributed by atoms with Crippen molar-refractivity contribution in [1.29, 1.82) is 0 Å².